The zero-order valence-corrected chi connectivity index (χ0v) is 15.9. The molecule has 3 heterocycles. The Balaban J connectivity index is 1.38. The number of likely N-dealkylation sites (tertiary alicyclic amines) is 1. The Morgan fingerprint density at radius 1 is 1.03 bits per heavy atom. The molecule has 29 heavy (non-hydrogen) atoms. The number of nitrogens with zero attached hydrogens (tertiary/aromatic N) is 5. The first-order valence-electron chi connectivity index (χ1n) is 9.60. The monoisotopic (exact) mass is 390 g/mol. The molecule has 0 saturated carbocycles. The summed E-state index contributed by atoms with van der Waals surface area (Å²) in [5.74, 6) is 1.74. The highest BCUT2D eigenvalue weighted by molar-refractivity contribution is 5.78. The van der Waals surface area contributed by atoms with Crippen LogP contribution in [0.25, 0.3) is 0 Å². The van der Waals surface area contributed by atoms with Gasteiger partial charge in [-0.25, -0.2) is 19.9 Å². The standard InChI is InChI=1S/C21H22N6O2/c28-19(15-29-17-7-2-1-3-8-17)27-13-4-6-16(14-27)18-9-12-24-21(25-18)26-20-22-10-5-11-23-20/h1-3,5,7-12,16H,4,6,13-15H2,(H,22,23,24,25,26)/t16-/m0/s1. The lowest BCUT2D eigenvalue weighted by Gasteiger charge is -2.32. The molecule has 1 saturated heterocycles. The predicted octanol–water partition coefficient (Wildman–Crippen LogP) is 2.80. The Morgan fingerprint density at radius 3 is 2.66 bits per heavy atom. The number of amides is 1. The van der Waals surface area contributed by atoms with Gasteiger partial charge in [0.2, 0.25) is 11.9 Å². The number of carbonyl (C=O) groups excluding carboxylic acids is 1. The van der Waals surface area contributed by atoms with Gasteiger partial charge in [-0.15, -0.1) is 0 Å². The predicted molar refractivity (Wildman–Crippen MR) is 108 cm³/mol. The van der Waals surface area contributed by atoms with Gasteiger partial charge in [0.05, 0.1) is 5.69 Å². The minimum Gasteiger partial charge on any atom is -0.484 e. The van der Waals surface area contributed by atoms with Crippen molar-refractivity contribution in [3.63, 3.8) is 0 Å². The summed E-state index contributed by atoms with van der Waals surface area (Å²) in [7, 11) is 0. The number of hydrogen-bond donors (Lipinski definition) is 1. The van der Waals surface area contributed by atoms with E-state index in [2.05, 4.69) is 25.3 Å². The molecule has 1 aliphatic rings. The topological polar surface area (TPSA) is 93.1 Å². The normalized spacial score (nSPS) is 16.3. The zero-order valence-electron chi connectivity index (χ0n) is 15.9. The van der Waals surface area contributed by atoms with Crippen molar-refractivity contribution in [3.05, 3.63) is 66.7 Å². The van der Waals surface area contributed by atoms with Crippen LogP contribution in [0.15, 0.2) is 61.1 Å². The molecule has 1 amide bonds. The number of piperidine rings is 1. The minimum absolute atomic E-state index is 0.0105. The Labute approximate surface area is 169 Å². The van der Waals surface area contributed by atoms with Crippen molar-refractivity contribution in [1.29, 1.82) is 0 Å². The number of aromatic nitrogens is 4. The van der Waals surface area contributed by atoms with Crippen LogP contribution in [0.1, 0.15) is 24.5 Å². The molecule has 1 fully saturated rings. The van der Waals surface area contributed by atoms with Gasteiger partial charge >= 0.3 is 0 Å². The molecular weight excluding hydrogens is 368 g/mol. The van der Waals surface area contributed by atoms with Gasteiger partial charge in [-0.3, -0.25) is 10.1 Å². The van der Waals surface area contributed by atoms with Crippen molar-refractivity contribution in [2.75, 3.05) is 25.0 Å². The number of carbonyl (C=O) groups is 1. The van der Waals surface area contributed by atoms with E-state index in [-0.39, 0.29) is 18.4 Å². The maximum Gasteiger partial charge on any atom is 0.260 e. The van der Waals surface area contributed by atoms with Gasteiger partial charge in [0.15, 0.2) is 6.61 Å². The van der Waals surface area contributed by atoms with Crippen molar-refractivity contribution >= 4 is 17.8 Å². The average Bonchev–Trinajstić information content (AvgIpc) is 2.79. The summed E-state index contributed by atoms with van der Waals surface area (Å²) in [6.07, 6.45) is 6.92. The summed E-state index contributed by atoms with van der Waals surface area (Å²) in [6, 6.07) is 13.0. The van der Waals surface area contributed by atoms with Crippen LogP contribution in [0.2, 0.25) is 0 Å². The SMILES string of the molecule is O=C(COc1ccccc1)N1CCC[C@H](c2ccnc(Nc3ncccn3)n2)C1. The highest BCUT2D eigenvalue weighted by Gasteiger charge is 2.26. The van der Waals surface area contributed by atoms with E-state index in [0.717, 1.165) is 25.1 Å². The Hall–Kier alpha value is -3.55. The summed E-state index contributed by atoms with van der Waals surface area (Å²) in [4.78, 5) is 31.6. The molecule has 3 aromatic rings. The number of anilines is 2. The van der Waals surface area contributed by atoms with Crippen molar-refractivity contribution in [2.24, 2.45) is 0 Å². The second-order valence-corrected chi connectivity index (χ2v) is 6.78. The van der Waals surface area contributed by atoms with Crippen molar-refractivity contribution < 1.29 is 9.53 Å². The molecule has 4 rings (SSSR count). The highest BCUT2D eigenvalue weighted by atomic mass is 16.5. The van der Waals surface area contributed by atoms with Gasteiger partial charge < -0.3 is 9.64 Å². The fraction of sp³-hybridized carbons (Fsp3) is 0.286. The van der Waals surface area contributed by atoms with E-state index in [1.165, 1.54) is 0 Å². The molecule has 0 bridgehead atoms. The Kier molecular flexibility index (Phi) is 5.89. The third-order valence-corrected chi connectivity index (χ3v) is 4.76. The molecule has 1 atom stereocenters. The molecule has 2 aromatic heterocycles. The second-order valence-electron chi connectivity index (χ2n) is 6.78. The molecule has 0 unspecified atom stereocenters. The van der Waals surface area contributed by atoms with Gasteiger partial charge in [-0.2, -0.15) is 0 Å². The van der Waals surface area contributed by atoms with E-state index in [9.17, 15) is 4.79 Å². The summed E-state index contributed by atoms with van der Waals surface area (Å²) in [5.41, 5.74) is 0.903. The third kappa shape index (κ3) is 5.04. The first-order valence-corrected chi connectivity index (χ1v) is 9.60. The van der Waals surface area contributed by atoms with Gasteiger partial charge in [0.1, 0.15) is 5.75 Å². The van der Waals surface area contributed by atoms with Gasteiger partial charge in [-0.1, -0.05) is 18.2 Å². The molecule has 0 spiro atoms. The van der Waals surface area contributed by atoms with Crippen LogP contribution in [0.3, 0.4) is 0 Å². The molecule has 8 nitrogen and oxygen atoms in total. The van der Waals surface area contributed by atoms with Gasteiger partial charge in [0, 0.05) is 37.6 Å². The Bertz CT molecular complexity index is 938. The number of benzene rings is 1. The molecular formula is C21H22N6O2. The smallest absolute Gasteiger partial charge is 0.260 e. The highest BCUT2D eigenvalue weighted by Crippen LogP contribution is 2.26. The Morgan fingerprint density at radius 2 is 1.83 bits per heavy atom. The summed E-state index contributed by atoms with van der Waals surface area (Å²) in [6.45, 7) is 1.40. The molecule has 1 N–H and O–H groups in total. The number of rotatable bonds is 6. The number of para-hydroxylation sites is 1. The van der Waals surface area contributed by atoms with Crippen LogP contribution >= 0.6 is 0 Å². The quantitative estimate of drug-likeness (QED) is 0.692. The van der Waals surface area contributed by atoms with Crippen LogP contribution in [-0.2, 0) is 4.79 Å². The molecule has 8 heteroatoms. The van der Waals surface area contributed by atoms with Crippen molar-refractivity contribution in [1.82, 2.24) is 24.8 Å². The summed E-state index contributed by atoms with van der Waals surface area (Å²) in [5, 5.41) is 3.01. The number of ether oxygens (including phenoxy) is 1. The van der Waals surface area contributed by atoms with Crippen molar-refractivity contribution in [3.8, 4) is 5.75 Å². The first kappa shape index (κ1) is 18.8. The molecule has 148 valence electrons. The molecule has 1 aromatic carbocycles. The fourth-order valence-corrected chi connectivity index (χ4v) is 3.32. The largest absolute Gasteiger partial charge is 0.484 e. The van der Waals surface area contributed by atoms with Crippen molar-refractivity contribution in [2.45, 2.75) is 18.8 Å². The van der Waals surface area contributed by atoms with Crippen LogP contribution in [0.4, 0.5) is 11.9 Å². The third-order valence-electron chi connectivity index (χ3n) is 4.76. The van der Waals surface area contributed by atoms with Crippen LogP contribution in [0, 0.1) is 0 Å². The van der Waals surface area contributed by atoms with E-state index in [0.29, 0.717) is 24.2 Å². The van der Waals surface area contributed by atoms with Crippen LogP contribution < -0.4 is 10.1 Å². The van der Waals surface area contributed by atoms with Gasteiger partial charge in [0.25, 0.3) is 5.91 Å². The maximum atomic E-state index is 12.6. The van der Waals surface area contributed by atoms with Gasteiger partial charge in [-0.05, 0) is 37.1 Å². The van der Waals surface area contributed by atoms with E-state index >= 15 is 0 Å². The van der Waals surface area contributed by atoms with Crippen LogP contribution in [-0.4, -0.2) is 50.4 Å². The average molecular weight is 390 g/mol. The molecule has 0 radical (unpaired) electrons. The lowest BCUT2D eigenvalue weighted by molar-refractivity contribution is -0.134. The molecule has 1 aliphatic heterocycles. The number of hydrogen-bond acceptors (Lipinski definition) is 7. The van der Waals surface area contributed by atoms with E-state index < -0.39 is 0 Å². The maximum absolute atomic E-state index is 12.6. The summed E-state index contributed by atoms with van der Waals surface area (Å²) >= 11 is 0. The molecule has 0 aliphatic carbocycles. The zero-order chi connectivity index (χ0) is 19.9. The minimum atomic E-state index is -0.0105. The lowest BCUT2D eigenvalue weighted by atomic mass is 9.94. The second kappa shape index (κ2) is 9.09. The first-order chi connectivity index (χ1) is 14.3. The van der Waals surface area contributed by atoms with Crippen LogP contribution in [0.5, 0.6) is 5.75 Å². The van der Waals surface area contributed by atoms with E-state index in [1.54, 1.807) is 24.7 Å². The van der Waals surface area contributed by atoms with E-state index in [1.807, 2.05) is 41.3 Å². The lowest BCUT2D eigenvalue weighted by Crippen LogP contribution is -2.41. The van der Waals surface area contributed by atoms with E-state index in [4.69, 9.17) is 4.74 Å². The fourth-order valence-electron chi connectivity index (χ4n) is 3.32. The summed E-state index contributed by atoms with van der Waals surface area (Å²) < 4.78 is 5.61. The number of nitrogens with one attached hydrogen (secondary N) is 1.